The highest BCUT2D eigenvalue weighted by Gasteiger charge is 2.40. The minimum Gasteiger partial charge on any atom is -0.468 e. The molecule has 0 amide bonds. The number of benzene rings is 3. The molecule has 1 atom stereocenters. The molecule has 0 fully saturated rings. The number of furan rings is 1. The first-order chi connectivity index (χ1) is 17.8. The Morgan fingerprint density at radius 1 is 0.919 bits per heavy atom. The minimum atomic E-state index is -4.04. The van der Waals surface area contributed by atoms with Gasteiger partial charge in [-0.2, -0.15) is 4.31 Å². The van der Waals surface area contributed by atoms with Crippen LogP contribution in [0.1, 0.15) is 29.4 Å². The van der Waals surface area contributed by atoms with Gasteiger partial charge >= 0.3 is 5.97 Å². The van der Waals surface area contributed by atoms with Gasteiger partial charge in [0, 0.05) is 18.1 Å². The van der Waals surface area contributed by atoms with Crippen LogP contribution in [-0.4, -0.2) is 25.2 Å². The fraction of sp³-hybridized carbons (Fsp3) is 0.167. The number of hydrogen-bond donors (Lipinski definition) is 0. The molecule has 0 bridgehead atoms. The highest BCUT2D eigenvalue weighted by atomic mass is 32.2. The second-order valence-electron chi connectivity index (χ2n) is 8.57. The summed E-state index contributed by atoms with van der Waals surface area (Å²) < 4.78 is 40.5. The smallest absolute Gasteiger partial charge is 0.304 e. The van der Waals surface area contributed by atoms with Crippen LogP contribution in [0.5, 0.6) is 0 Å². The van der Waals surface area contributed by atoms with Crippen molar-refractivity contribution in [2.24, 2.45) is 0 Å². The van der Waals surface area contributed by atoms with Crippen molar-refractivity contribution in [3.05, 3.63) is 126 Å². The highest BCUT2D eigenvalue weighted by Crippen LogP contribution is 2.31. The first kappa shape index (κ1) is 26.0. The van der Waals surface area contributed by atoms with Crippen LogP contribution >= 0.6 is 0 Å². The van der Waals surface area contributed by atoms with Crippen molar-refractivity contribution in [1.82, 2.24) is 4.31 Å². The monoisotopic (exact) mass is 513 g/mol. The summed E-state index contributed by atoms with van der Waals surface area (Å²) in [5, 5.41) is 0. The van der Waals surface area contributed by atoms with Crippen molar-refractivity contribution in [3.8, 4) is 11.8 Å². The maximum absolute atomic E-state index is 13.9. The Balaban J connectivity index is 1.88. The van der Waals surface area contributed by atoms with Crippen LogP contribution in [0.3, 0.4) is 0 Å². The normalized spacial score (nSPS) is 12.8. The molecule has 4 aromatic rings. The Hall–Kier alpha value is -4.12. The van der Waals surface area contributed by atoms with Crippen LogP contribution < -0.4 is 0 Å². The molecule has 7 heteroatoms. The maximum atomic E-state index is 13.9. The average molecular weight is 514 g/mol. The van der Waals surface area contributed by atoms with Crippen LogP contribution in [0.15, 0.2) is 113 Å². The van der Waals surface area contributed by atoms with Crippen molar-refractivity contribution in [2.45, 2.75) is 30.9 Å². The quantitative estimate of drug-likeness (QED) is 0.236. The highest BCUT2D eigenvalue weighted by molar-refractivity contribution is 7.89. The largest absolute Gasteiger partial charge is 0.468 e. The SMILES string of the molecule is CC(=O)OC(C#Cc1ccccc1)(CN(Cc1ccco1)S(=O)(=O)c1ccc(C)cc1)c1ccccc1. The number of rotatable bonds is 8. The molecule has 0 aliphatic carbocycles. The van der Waals surface area contributed by atoms with E-state index in [0.717, 1.165) is 5.56 Å². The number of nitrogens with zero attached hydrogens (tertiary/aromatic N) is 1. The molecule has 1 heterocycles. The van der Waals surface area contributed by atoms with Crippen molar-refractivity contribution in [2.75, 3.05) is 6.54 Å². The lowest BCUT2D eigenvalue weighted by Crippen LogP contribution is -2.45. The van der Waals surface area contributed by atoms with Crippen molar-refractivity contribution in [1.29, 1.82) is 0 Å². The third-order valence-electron chi connectivity index (χ3n) is 5.71. The van der Waals surface area contributed by atoms with E-state index in [0.29, 0.717) is 16.9 Å². The summed E-state index contributed by atoms with van der Waals surface area (Å²) in [5.41, 5.74) is 0.600. The zero-order valence-corrected chi connectivity index (χ0v) is 21.4. The van der Waals surface area contributed by atoms with Crippen LogP contribution in [-0.2, 0) is 31.7 Å². The molecule has 0 radical (unpaired) electrons. The lowest BCUT2D eigenvalue weighted by atomic mass is 9.93. The van der Waals surface area contributed by atoms with E-state index in [1.165, 1.54) is 17.5 Å². The maximum Gasteiger partial charge on any atom is 0.304 e. The fourth-order valence-corrected chi connectivity index (χ4v) is 5.30. The Kier molecular flexibility index (Phi) is 7.92. The number of carbonyl (C=O) groups excluding carboxylic acids is 1. The minimum absolute atomic E-state index is 0.0773. The van der Waals surface area contributed by atoms with Crippen LogP contribution in [0.2, 0.25) is 0 Å². The van der Waals surface area contributed by atoms with Gasteiger partial charge in [0.05, 0.1) is 24.2 Å². The predicted octanol–water partition coefficient (Wildman–Crippen LogP) is 5.29. The van der Waals surface area contributed by atoms with E-state index in [-0.39, 0.29) is 18.0 Å². The molecule has 188 valence electrons. The Morgan fingerprint density at radius 3 is 2.16 bits per heavy atom. The van der Waals surface area contributed by atoms with Gasteiger partial charge in [0.25, 0.3) is 0 Å². The van der Waals surface area contributed by atoms with Gasteiger partial charge in [-0.1, -0.05) is 72.1 Å². The standard InChI is InChI=1S/C30H27NO5S/c1-24-15-17-29(18-16-24)37(33,34)31(22-28-14-9-21-35-28)23-30(36-25(2)32,27-12-7-4-8-13-27)20-19-26-10-5-3-6-11-26/h3-18,21H,22-23H2,1-2H3. The first-order valence-corrected chi connectivity index (χ1v) is 13.1. The Morgan fingerprint density at radius 2 is 1.57 bits per heavy atom. The summed E-state index contributed by atoms with van der Waals surface area (Å²) >= 11 is 0. The molecule has 6 nitrogen and oxygen atoms in total. The summed E-state index contributed by atoms with van der Waals surface area (Å²) in [6, 6.07) is 28.2. The average Bonchev–Trinajstić information content (AvgIpc) is 3.41. The molecule has 1 aromatic heterocycles. The summed E-state index contributed by atoms with van der Waals surface area (Å²) in [7, 11) is -4.04. The second kappa shape index (κ2) is 11.3. The molecule has 0 spiro atoms. The fourth-order valence-electron chi connectivity index (χ4n) is 3.88. The zero-order valence-electron chi connectivity index (χ0n) is 20.6. The zero-order chi connectivity index (χ0) is 26.3. The summed E-state index contributed by atoms with van der Waals surface area (Å²) in [6.07, 6.45) is 1.48. The van der Waals surface area contributed by atoms with E-state index < -0.39 is 21.6 Å². The van der Waals surface area contributed by atoms with E-state index in [1.807, 2.05) is 43.3 Å². The van der Waals surface area contributed by atoms with Crippen molar-refractivity contribution in [3.63, 3.8) is 0 Å². The van der Waals surface area contributed by atoms with E-state index >= 15 is 0 Å². The molecule has 3 aromatic carbocycles. The Labute approximate surface area is 217 Å². The molecule has 0 saturated heterocycles. The van der Waals surface area contributed by atoms with Gasteiger partial charge in [-0.05, 0) is 49.2 Å². The van der Waals surface area contributed by atoms with Gasteiger partial charge in [-0.15, -0.1) is 0 Å². The van der Waals surface area contributed by atoms with E-state index in [9.17, 15) is 13.2 Å². The van der Waals surface area contributed by atoms with E-state index in [1.54, 1.807) is 60.7 Å². The number of carbonyl (C=O) groups is 1. The molecule has 0 aliphatic heterocycles. The molecule has 37 heavy (non-hydrogen) atoms. The topological polar surface area (TPSA) is 76.8 Å². The first-order valence-electron chi connectivity index (χ1n) is 11.7. The molecule has 4 rings (SSSR count). The van der Waals surface area contributed by atoms with Gasteiger partial charge < -0.3 is 9.15 Å². The van der Waals surface area contributed by atoms with Gasteiger partial charge in [-0.3, -0.25) is 4.79 Å². The van der Waals surface area contributed by atoms with E-state index in [2.05, 4.69) is 11.8 Å². The molecule has 0 aliphatic rings. The van der Waals surface area contributed by atoms with E-state index in [4.69, 9.17) is 9.15 Å². The lowest BCUT2D eigenvalue weighted by molar-refractivity contribution is -0.153. The number of esters is 1. The molecule has 1 unspecified atom stereocenters. The molecule has 0 saturated carbocycles. The third kappa shape index (κ3) is 6.36. The number of aryl methyl sites for hydroxylation is 1. The summed E-state index contributed by atoms with van der Waals surface area (Å²) in [4.78, 5) is 12.5. The Bertz CT molecular complexity index is 1490. The third-order valence-corrected chi connectivity index (χ3v) is 7.52. The second-order valence-corrected chi connectivity index (χ2v) is 10.5. The van der Waals surface area contributed by atoms with Crippen molar-refractivity contribution < 1.29 is 22.4 Å². The predicted molar refractivity (Wildman–Crippen MR) is 141 cm³/mol. The summed E-state index contributed by atoms with van der Waals surface area (Å²) in [5.74, 6) is 6.05. The molecular weight excluding hydrogens is 486 g/mol. The lowest BCUT2D eigenvalue weighted by Gasteiger charge is -2.33. The summed E-state index contributed by atoms with van der Waals surface area (Å²) in [6.45, 7) is 2.84. The van der Waals surface area contributed by atoms with Crippen LogP contribution in [0.25, 0.3) is 0 Å². The van der Waals surface area contributed by atoms with Gasteiger partial charge in [-0.25, -0.2) is 8.42 Å². The van der Waals surface area contributed by atoms with Crippen LogP contribution in [0.4, 0.5) is 0 Å². The molecule has 0 N–H and O–H groups in total. The van der Waals surface area contributed by atoms with Gasteiger partial charge in [0.2, 0.25) is 15.6 Å². The number of hydrogen-bond acceptors (Lipinski definition) is 5. The molecular formula is C30H27NO5S. The van der Waals surface area contributed by atoms with Gasteiger partial charge in [0.15, 0.2) is 0 Å². The van der Waals surface area contributed by atoms with Crippen molar-refractivity contribution >= 4 is 16.0 Å². The number of sulfonamides is 1. The van der Waals surface area contributed by atoms with Gasteiger partial charge in [0.1, 0.15) is 5.76 Å². The number of ether oxygens (including phenoxy) is 1. The van der Waals surface area contributed by atoms with Crippen LogP contribution in [0, 0.1) is 18.8 Å².